The van der Waals surface area contributed by atoms with Gasteiger partial charge in [-0.25, -0.2) is 9.97 Å². The first-order valence-corrected chi connectivity index (χ1v) is 7.68. The van der Waals surface area contributed by atoms with Crippen molar-refractivity contribution >= 4 is 5.91 Å². The third-order valence-corrected chi connectivity index (χ3v) is 4.62. The lowest BCUT2D eigenvalue weighted by molar-refractivity contribution is -0.132. The van der Waals surface area contributed by atoms with Gasteiger partial charge in [-0.15, -0.1) is 6.58 Å². The Morgan fingerprint density at radius 2 is 2.05 bits per heavy atom. The molecule has 1 aromatic heterocycles. The van der Waals surface area contributed by atoms with Crippen LogP contribution in [0, 0.1) is 0 Å². The fraction of sp³-hybridized carbons (Fsp3) is 0.562. The third kappa shape index (κ3) is 2.97. The van der Waals surface area contributed by atoms with Crippen molar-refractivity contribution in [3.8, 4) is 0 Å². The van der Waals surface area contributed by atoms with Gasteiger partial charge >= 0.3 is 0 Å². The second kappa shape index (κ2) is 6.35. The van der Waals surface area contributed by atoms with Crippen molar-refractivity contribution in [3.63, 3.8) is 0 Å². The lowest BCUT2D eigenvalue weighted by atomic mass is 10.1. The zero-order chi connectivity index (χ0) is 14.7. The highest BCUT2D eigenvalue weighted by Crippen LogP contribution is 2.31. The van der Waals surface area contributed by atoms with Gasteiger partial charge < -0.3 is 4.90 Å². The molecule has 0 aliphatic carbocycles. The topological polar surface area (TPSA) is 49.3 Å². The van der Waals surface area contributed by atoms with Gasteiger partial charge in [0.2, 0.25) is 5.91 Å². The van der Waals surface area contributed by atoms with E-state index in [1.54, 1.807) is 12.4 Å². The van der Waals surface area contributed by atoms with E-state index in [1.165, 1.54) is 6.33 Å². The van der Waals surface area contributed by atoms with Crippen molar-refractivity contribution in [2.45, 2.75) is 37.8 Å². The quantitative estimate of drug-likeness (QED) is 0.765. The van der Waals surface area contributed by atoms with E-state index in [-0.39, 0.29) is 5.91 Å². The average molecular weight is 286 g/mol. The summed E-state index contributed by atoms with van der Waals surface area (Å²) in [5.74, 6) is 0.270. The summed E-state index contributed by atoms with van der Waals surface area (Å²) in [4.78, 5) is 25.0. The summed E-state index contributed by atoms with van der Waals surface area (Å²) in [7, 11) is 0. The smallest absolute Gasteiger partial charge is 0.223 e. The summed E-state index contributed by atoms with van der Waals surface area (Å²) in [5, 5.41) is 0. The highest BCUT2D eigenvalue weighted by atomic mass is 16.2. The zero-order valence-electron chi connectivity index (χ0n) is 12.3. The number of carbonyl (C=O) groups excluding carboxylic acids is 1. The molecule has 2 aliphatic rings. The minimum absolute atomic E-state index is 0.270. The molecule has 0 radical (unpaired) electrons. The van der Waals surface area contributed by atoms with Crippen LogP contribution in [0.1, 0.15) is 24.8 Å². The molecule has 0 aromatic carbocycles. The van der Waals surface area contributed by atoms with Crippen LogP contribution in [0.5, 0.6) is 0 Å². The van der Waals surface area contributed by atoms with E-state index in [0.717, 1.165) is 44.5 Å². The van der Waals surface area contributed by atoms with Crippen molar-refractivity contribution in [2.24, 2.45) is 0 Å². The molecular weight excluding hydrogens is 264 g/mol. The van der Waals surface area contributed by atoms with E-state index in [1.807, 2.05) is 6.08 Å². The molecule has 0 saturated carbocycles. The zero-order valence-corrected chi connectivity index (χ0v) is 12.3. The molecule has 112 valence electrons. The van der Waals surface area contributed by atoms with Gasteiger partial charge in [-0.3, -0.25) is 9.69 Å². The maximum atomic E-state index is 12.5. The molecule has 2 fully saturated rings. The largest absolute Gasteiger partial charge is 0.338 e. The molecule has 5 heteroatoms. The Balaban J connectivity index is 1.55. The monoisotopic (exact) mass is 286 g/mol. The maximum absolute atomic E-state index is 12.5. The van der Waals surface area contributed by atoms with Gasteiger partial charge in [-0.05, 0) is 24.8 Å². The molecule has 1 amide bonds. The first kappa shape index (κ1) is 14.2. The van der Waals surface area contributed by atoms with Crippen LogP contribution < -0.4 is 0 Å². The summed E-state index contributed by atoms with van der Waals surface area (Å²) in [6.45, 7) is 6.73. The lowest BCUT2D eigenvalue weighted by Gasteiger charge is -2.25. The van der Waals surface area contributed by atoms with Gasteiger partial charge in [0.25, 0.3) is 0 Å². The molecular formula is C16H22N4O. The summed E-state index contributed by atoms with van der Waals surface area (Å²) < 4.78 is 0. The van der Waals surface area contributed by atoms with Crippen molar-refractivity contribution in [2.75, 3.05) is 19.6 Å². The van der Waals surface area contributed by atoms with Crippen molar-refractivity contribution in [3.05, 3.63) is 36.9 Å². The van der Waals surface area contributed by atoms with Gasteiger partial charge in [0.1, 0.15) is 6.33 Å². The van der Waals surface area contributed by atoms with Gasteiger partial charge in [0.05, 0.1) is 0 Å². The Hall–Kier alpha value is -1.75. The average Bonchev–Trinajstić information content (AvgIpc) is 3.09. The number of hydrogen-bond acceptors (Lipinski definition) is 4. The van der Waals surface area contributed by atoms with Crippen LogP contribution in [0.2, 0.25) is 0 Å². The Morgan fingerprint density at radius 1 is 1.29 bits per heavy atom. The Labute approximate surface area is 125 Å². The minimum atomic E-state index is 0.270. The van der Waals surface area contributed by atoms with Crippen molar-refractivity contribution < 1.29 is 4.79 Å². The summed E-state index contributed by atoms with van der Waals surface area (Å²) in [5.41, 5.74) is 1.03. The van der Waals surface area contributed by atoms with Crippen LogP contribution in [0.4, 0.5) is 0 Å². The second-order valence-corrected chi connectivity index (χ2v) is 5.83. The number of nitrogens with zero attached hydrogens (tertiary/aromatic N) is 4. The van der Waals surface area contributed by atoms with Crippen LogP contribution in [0.15, 0.2) is 31.4 Å². The fourth-order valence-corrected chi connectivity index (χ4v) is 3.63. The molecule has 21 heavy (non-hydrogen) atoms. The Kier molecular flexibility index (Phi) is 4.29. The van der Waals surface area contributed by atoms with Crippen LogP contribution in [-0.2, 0) is 11.2 Å². The molecule has 2 atom stereocenters. The number of hydrogen-bond donors (Lipinski definition) is 0. The van der Waals surface area contributed by atoms with Gasteiger partial charge in [-0.1, -0.05) is 6.08 Å². The first-order chi connectivity index (χ1) is 10.3. The first-order valence-electron chi connectivity index (χ1n) is 7.68. The molecule has 0 spiro atoms. The predicted molar refractivity (Wildman–Crippen MR) is 80.6 cm³/mol. The van der Waals surface area contributed by atoms with Crippen LogP contribution in [0.3, 0.4) is 0 Å². The van der Waals surface area contributed by atoms with E-state index in [9.17, 15) is 4.79 Å². The number of fused-ring (bicyclic) bond motifs is 1. The number of amides is 1. The SMILES string of the molecule is C=CCN1CC[C@@H]2[C@@H]1CCN2C(=O)CCc1cncnc1. The van der Waals surface area contributed by atoms with Crippen LogP contribution >= 0.6 is 0 Å². The standard InChI is InChI=1S/C16H22N4O/c1-2-7-19-8-5-15-14(19)6-9-20(15)16(21)4-3-13-10-17-12-18-11-13/h2,10-12,14-15H,1,3-9H2/t14-,15+/m0/s1. The molecule has 2 aliphatic heterocycles. The van der Waals surface area contributed by atoms with E-state index < -0.39 is 0 Å². The highest BCUT2D eigenvalue weighted by Gasteiger charge is 2.43. The van der Waals surface area contributed by atoms with Crippen molar-refractivity contribution in [1.82, 2.24) is 19.8 Å². The number of carbonyl (C=O) groups is 1. The number of aromatic nitrogens is 2. The predicted octanol–water partition coefficient (Wildman–Crippen LogP) is 1.27. The maximum Gasteiger partial charge on any atom is 0.223 e. The number of likely N-dealkylation sites (tertiary alicyclic amines) is 2. The number of rotatable bonds is 5. The Bertz CT molecular complexity index is 504. The molecule has 5 nitrogen and oxygen atoms in total. The molecule has 2 saturated heterocycles. The Morgan fingerprint density at radius 3 is 2.81 bits per heavy atom. The van der Waals surface area contributed by atoms with E-state index in [2.05, 4.69) is 26.3 Å². The molecule has 0 unspecified atom stereocenters. The van der Waals surface area contributed by atoms with Gasteiger partial charge in [-0.2, -0.15) is 0 Å². The van der Waals surface area contributed by atoms with E-state index in [4.69, 9.17) is 0 Å². The lowest BCUT2D eigenvalue weighted by Crippen LogP contribution is -2.39. The molecule has 1 aromatic rings. The summed E-state index contributed by atoms with van der Waals surface area (Å²) in [6, 6.07) is 0.941. The number of aryl methyl sites for hydroxylation is 1. The normalized spacial score (nSPS) is 25.0. The van der Waals surface area contributed by atoms with E-state index in [0.29, 0.717) is 18.5 Å². The van der Waals surface area contributed by atoms with Crippen LogP contribution in [0.25, 0.3) is 0 Å². The van der Waals surface area contributed by atoms with Gasteiger partial charge in [0.15, 0.2) is 0 Å². The summed E-state index contributed by atoms with van der Waals surface area (Å²) in [6.07, 6.45) is 10.5. The van der Waals surface area contributed by atoms with E-state index >= 15 is 0 Å². The minimum Gasteiger partial charge on any atom is -0.338 e. The fourth-order valence-electron chi connectivity index (χ4n) is 3.63. The third-order valence-electron chi connectivity index (χ3n) is 4.62. The molecule has 0 bridgehead atoms. The second-order valence-electron chi connectivity index (χ2n) is 5.83. The molecule has 3 heterocycles. The van der Waals surface area contributed by atoms with Crippen LogP contribution in [-0.4, -0.2) is 57.4 Å². The van der Waals surface area contributed by atoms with Gasteiger partial charge in [0, 0.05) is 50.5 Å². The molecule has 0 N–H and O–H groups in total. The molecule has 3 rings (SSSR count). The summed E-state index contributed by atoms with van der Waals surface area (Å²) >= 11 is 0. The highest BCUT2D eigenvalue weighted by molar-refractivity contribution is 5.77. The van der Waals surface area contributed by atoms with Crippen molar-refractivity contribution in [1.29, 1.82) is 0 Å².